The second-order valence-electron chi connectivity index (χ2n) is 5.04. The summed E-state index contributed by atoms with van der Waals surface area (Å²) >= 11 is 0. The first kappa shape index (κ1) is 10.6. The van der Waals surface area contributed by atoms with Gasteiger partial charge < -0.3 is 0 Å². The molecule has 0 spiro atoms. The van der Waals surface area contributed by atoms with Crippen LogP contribution in [0.4, 0.5) is 0 Å². The van der Waals surface area contributed by atoms with Gasteiger partial charge in [0.1, 0.15) is 0 Å². The molecule has 2 aromatic heterocycles. The van der Waals surface area contributed by atoms with E-state index in [4.69, 9.17) is 0 Å². The average molecular weight is 231 g/mol. The quantitative estimate of drug-likeness (QED) is 0.818. The third kappa shape index (κ3) is 1.77. The Morgan fingerprint density at radius 1 is 1.41 bits per heavy atom. The Kier molecular flexibility index (Phi) is 2.50. The Morgan fingerprint density at radius 3 is 3.06 bits per heavy atom. The van der Waals surface area contributed by atoms with E-state index in [0.717, 1.165) is 17.8 Å². The van der Waals surface area contributed by atoms with Crippen LogP contribution in [0.2, 0.25) is 0 Å². The number of aromatic nitrogens is 3. The number of fused-ring (bicyclic) bond motifs is 1. The highest BCUT2D eigenvalue weighted by Crippen LogP contribution is 2.36. The zero-order valence-electron chi connectivity index (χ0n) is 10.0. The Morgan fingerprint density at radius 2 is 2.24 bits per heavy atom. The highest BCUT2D eigenvalue weighted by molar-refractivity contribution is 5.37. The van der Waals surface area contributed by atoms with Crippen LogP contribution in [0, 0.1) is 5.92 Å². The summed E-state index contributed by atoms with van der Waals surface area (Å²) in [6.07, 6.45) is 6.72. The van der Waals surface area contributed by atoms with E-state index >= 15 is 0 Å². The summed E-state index contributed by atoms with van der Waals surface area (Å²) in [6.45, 7) is 2.27. The maximum absolute atomic E-state index is 11.9. The lowest BCUT2D eigenvalue weighted by Crippen LogP contribution is -2.21. The summed E-state index contributed by atoms with van der Waals surface area (Å²) in [5, 5.41) is 2.87. The van der Waals surface area contributed by atoms with Crippen LogP contribution in [-0.2, 0) is 0 Å². The van der Waals surface area contributed by atoms with Crippen molar-refractivity contribution in [3.05, 3.63) is 34.4 Å². The van der Waals surface area contributed by atoms with E-state index in [0.29, 0.717) is 11.8 Å². The van der Waals surface area contributed by atoms with Crippen LogP contribution in [0.15, 0.2) is 23.1 Å². The molecule has 0 amide bonds. The summed E-state index contributed by atoms with van der Waals surface area (Å²) in [4.78, 5) is 16.5. The zero-order valence-corrected chi connectivity index (χ0v) is 10.0. The van der Waals surface area contributed by atoms with Crippen LogP contribution in [0.1, 0.15) is 44.2 Å². The van der Waals surface area contributed by atoms with Crippen LogP contribution < -0.4 is 5.56 Å². The van der Waals surface area contributed by atoms with E-state index in [1.54, 1.807) is 12.3 Å². The van der Waals surface area contributed by atoms with Gasteiger partial charge in [-0.25, -0.2) is 9.50 Å². The summed E-state index contributed by atoms with van der Waals surface area (Å²) in [6, 6.07) is 3.54. The molecule has 90 valence electrons. The Labute approximate surface area is 99.7 Å². The second-order valence-corrected chi connectivity index (χ2v) is 5.04. The molecule has 3 rings (SSSR count). The molecule has 1 fully saturated rings. The standard InChI is InChI=1S/C13H17N3O/c1-9-4-2-3-5-10(9)11-8-13(17)16-12(15-11)6-7-14-16/h6-10,14H,2-5H2,1H3/t9-,10-/m0/s1. The highest BCUT2D eigenvalue weighted by Gasteiger charge is 2.24. The number of hydrogen-bond donors (Lipinski definition) is 1. The topological polar surface area (TPSA) is 50.2 Å². The minimum Gasteiger partial charge on any atom is -0.297 e. The lowest BCUT2D eigenvalue weighted by molar-refractivity contribution is 0.325. The fraction of sp³-hybridized carbons (Fsp3) is 0.538. The van der Waals surface area contributed by atoms with Crippen molar-refractivity contribution in [3.8, 4) is 0 Å². The summed E-state index contributed by atoms with van der Waals surface area (Å²) in [5.41, 5.74) is 1.69. The van der Waals surface area contributed by atoms with E-state index in [1.165, 1.54) is 23.8 Å². The molecule has 4 heteroatoms. The summed E-state index contributed by atoms with van der Waals surface area (Å²) < 4.78 is 1.48. The second kappa shape index (κ2) is 4.02. The minimum atomic E-state index is -0.00669. The van der Waals surface area contributed by atoms with Gasteiger partial charge in [0.2, 0.25) is 0 Å². The van der Waals surface area contributed by atoms with Gasteiger partial charge >= 0.3 is 0 Å². The molecule has 1 aliphatic rings. The van der Waals surface area contributed by atoms with Gasteiger partial charge in [0.25, 0.3) is 5.56 Å². The molecule has 2 atom stereocenters. The average Bonchev–Trinajstić information content (AvgIpc) is 2.78. The summed E-state index contributed by atoms with van der Waals surface area (Å²) in [5.74, 6) is 1.09. The van der Waals surface area contributed by atoms with Crippen LogP contribution in [0.3, 0.4) is 0 Å². The van der Waals surface area contributed by atoms with Crippen molar-refractivity contribution in [1.29, 1.82) is 0 Å². The first-order valence-corrected chi connectivity index (χ1v) is 6.33. The van der Waals surface area contributed by atoms with Crippen molar-refractivity contribution >= 4 is 5.65 Å². The number of hydrogen-bond acceptors (Lipinski definition) is 2. The zero-order chi connectivity index (χ0) is 11.8. The molecule has 4 nitrogen and oxygen atoms in total. The monoisotopic (exact) mass is 231 g/mol. The predicted octanol–water partition coefficient (Wildman–Crippen LogP) is 2.32. The van der Waals surface area contributed by atoms with Gasteiger partial charge in [-0.2, -0.15) is 0 Å². The molecule has 0 saturated heterocycles. The van der Waals surface area contributed by atoms with Crippen LogP contribution in [0.25, 0.3) is 5.65 Å². The SMILES string of the molecule is C[C@H]1CCCC[C@@H]1c1cc(=O)n2[nH]ccc2n1. The Bertz CT molecular complexity index is 584. The normalized spacial score (nSPS) is 25.2. The molecule has 17 heavy (non-hydrogen) atoms. The fourth-order valence-corrected chi connectivity index (χ4v) is 2.89. The molecule has 0 radical (unpaired) electrons. The molecule has 1 aliphatic carbocycles. The third-order valence-electron chi connectivity index (χ3n) is 3.89. The van der Waals surface area contributed by atoms with E-state index in [9.17, 15) is 4.79 Å². The molecule has 1 N–H and O–H groups in total. The first-order chi connectivity index (χ1) is 8.25. The lowest BCUT2D eigenvalue weighted by Gasteiger charge is -2.28. The van der Waals surface area contributed by atoms with Gasteiger partial charge in [0, 0.05) is 24.2 Å². The lowest BCUT2D eigenvalue weighted by atomic mass is 9.78. The molecule has 0 unspecified atom stereocenters. The minimum absolute atomic E-state index is 0.00669. The van der Waals surface area contributed by atoms with Crippen molar-refractivity contribution in [1.82, 2.24) is 14.6 Å². The van der Waals surface area contributed by atoms with E-state index < -0.39 is 0 Å². The van der Waals surface area contributed by atoms with Crippen LogP contribution in [0.5, 0.6) is 0 Å². The van der Waals surface area contributed by atoms with Gasteiger partial charge in [-0.05, 0) is 12.3 Å². The predicted molar refractivity (Wildman–Crippen MR) is 66.2 cm³/mol. The van der Waals surface area contributed by atoms with Gasteiger partial charge in [-0.1, -0.05) is 26.2 Å². The number of nitrogens with one attached hydrogen (secondary N) is 1. The molecule has 0 bridgehead atoms. The van der Waals surface area contributed by atoms with E-state index in [2.05, 4.69) is 17.0 Å². The number of H-pyrrole nitrogens is 1. The molecule has 0 aromatic carbocycles. The van der Waals surface area contributed by atoms with Crippen LogP contribution >= 0.6 is 0 Å². The van der Waals surface area contributed by atoms with Gasteiger partial charge in [0.05, 0.1) is 5.69 Å². The molecule has 2 heterocycles. The van der Waals surface area contributed by atoms with Crippen molar-refractivity contribution in [3.63, 3.8) is 0 Å². The highest BCUT2D eigenvalue weighted by atomic mass is 16.1. The largest absolute Gasteiger partial charge is 0.297 e. The fourth-order valence-electron chi connectivity index (χ4n) is 2.89. The van der Waals surface area contributed by atoms with Gasteiger partial charge in [-0.15, -0.1) is 0 Å². The molecule has 2 aromatic rings. The van der Waals surface area contributed by atoms with Crippen molar-refractivity contribution < 1.29 is 0 Å². The van der Waals surface area contributed by atoms with Crippen molar-refractivity contribution in [2.75, 3.05) is 0 Å². The maximum atomic E-state index is 11.9. The molecule has 0 aliphatic heterocycles. The van der Waals surface area contributed by atoms with E-state index in [-0.39, 0.29) is 5.56 Å². The van der Waals surface area contributed by atoms with E-state index in [1.807, 2.05) is 6.07 Å². The summed E-state index contributed by atoms with van der Waals surface area (Å²) in [7, 11) is 0. The maximum Gasteiger partial charge on any atom is 0.272 e. The van der Waals surface area contributed by atoms with Gasteiger partial charge in [0.15, 0.2) is 5.65 Å². The number of nitrogens with zero attached hydrogens (tertiary/aromatic N) is 2. The smallest absolute Gasteiger partial charge is 0.272 e. The molecular weight excluding hydrogens is 214 g/mol. The first-order valence-electron chi connectivity index (χ1n) is 6.33. The Balaban J connectivity index is 2.07. The number of aromatic amines is 1. The molecule has 1 saturated carbocycles. The van der Waals surface area contributed by atoms with Crippen molar-refractivity contribution in [2.45, 2.75) is 38.5 Å². The van der Waals surface area contributed by atoms with Gasteiger partial charge in [-0.3, -0.25) is 9.89 Å². The van der Waals surface area contributed by atoms with Crippen LogP contribution in [-0.4, -0.2) is 14.6 Å². The third-order valence-corrected chi connectivity index (χ3v) is 3.89. The van der Waals surface area contributed by atoms with Crippen molar-refractivity contribution in [2.24, 2.45) is 5.92 Å². The Hall–Kier alpha value is -1.58. The molecular formula is C13H17N3O. The number of rotatable bonds is 1.